The molecule has 0 aliphatic heterocycles. The molecule has 22 valence electrons. The summed E-state index contributed by atoms with van der Waals surface area (Å²) in [4.78, 5) is 0. The minimum atomic E-state index is 0. The third-order valence-corrected chi connectivity index (χ3v) is 0. The molecule has 0 N–H and O–H groups in total. The van der Waals surface area contributed by atoms with E-state index in [4.69, 9.17) is 0 Å². The van der Waals surface area contributed by atoms with Crippen molar-refractivity contribution in [3.63, 3.8) is 0 Å². The summed E-state index contributed by atoms with van der Waals surface area (Å²) in [5, 5.41) is 0. The first kappa shape index (κ1) is 22.4. The van der Waals surface area contributed by atoms with Gasteiger partial charge in [0.25, 0.3) is 0 Å². The van der Waals surface area contributed by atoms with Gasteiger partial charge in [-0.2, -0.15) is 13.8 Å². The van der Waals surface area contributed by atoms with Crippen LogP contribution in [0.1, 0.15) is 15.3 Å². The molecule has 0 bridgehead atoms. The van der Waals surface area contributed by atoms with E-state index in [1.807, 2.05) is 20.3 Å². The van der Waals surface area contributed by atoms with Gasteiger partial charge in [-0.3, -0.25) is 0 Å². The Bertz CT molecular complexity index is 10.1. The number of rotatable bonds is 0. The molecule has 0 aromatic carbocycles. The fraction of sp³-hybridized carbons (Fsp3) is 0.667. The molecule has 0 radical (unpaired) electrons. The molecule has 0 fully saturated rings. The van der Waals surface area contributed by atoms with Crippen LogP contribution in [-0.2, 0) is 0 Å². The van der Waals surface area contributed by atoms with Crippen molar-refractivity contribution in [2.75, 3.05) is 0 Å². The van der Waals surface area contributed by atoms with Crippen molar-refractivity contribution >= 4 is 0 Å². The first-order valence-corrected chi connectivity index (χ1v) is 1.15. The second kappa shape index (κ2) is 22.5. The second-order valence-corrected chi connectivity index (χ2v) is 0.577. The third-order valence-electron chi connectivity index (χ3n) is 0. The van der Waals surface area contributed by atoms with Crippen molar-refractivity contribution in [2.24, 2.45) is 0 Å². The van der Waals surface area contributed by atoms with E-state index < -0.39 is 0 Å². The molecule has 0 amide bonds. The molecular weight excluding hydrogens is 153 g/mol. The first-order chi connectivity index (χ1) is 1.41. The molecule has 0 aromatic heterocycles. The van der Waals surface area contributed by atoms with Gasteiger partial charge in [0.15, 0.2) is 0 Å². The predicted molar refractivity (Wildman–Crippen MR) is 16.8 cm³/mol. The van der Waals surface area contributed by atoms with E-state index in [-0.39, 0.29) is 156 Å². The Labute approximate surface area is 170 Å². The Hall–Kier alpha value is 4.91. The Morgan fingerprint density at radius 2 is 1.00 bits per heavy atom. The van der Waals surface area contributed by atoms with E-state index in [9.17, 15) is 0 Å². The van der Waals surface area contributed by atoms with Crippen LogP contribution in [0.25, 0.3) is 0 Å². The predicted octanol–water partition coefficient (Wildman–Crippen LogP) is -7.65. The van der Waals surface area contributed by atoms with E-state index in [0.29, 0.717) is 0 Å². The summed E-state index contributed by atoms with van der Waals surface area (Å²) in [6.07, 6.45) is 2.00. The third kappa shape index (κ3) is 23.1. The monoisotopic (exact) mass is 161 g/mol. The van der Waals surface area contributed by atoms with Crippen molar-refractivity contribution in [3.8, 4) is 0 Å². The zero-order valence-corrected chi connectivity index (χ0v) is 14.9. The summed E-state index contributed by atoms with van der Waals surface area (Å²) in [5.41, 5.74) is 0. The molecule has 6 heavy (non-hydrogen) atoms. The molecule has 0 atom stereocenters. The SMILES string of the molecule is C[CH-]C.[H-].[K+].[K+].[K+]. The van der Waals surface area contributed by atoms with Crippen LogP contribution in [0.5, 0.6) is 0 Å². The topological polar surface area (TPSA) is 0 Å². The average Bonchev–Trinajstić information content (AvgIpc) is 0.918. The van der Waals surface area contributed by atoms with Gasteiger partial charge in [0, 0.05) is 0 Å². The molecule has 3 heteroatoms. The summed E-state index contributed by atoms with van der Waals surface area (Å²) in [5.74, 6) is 0. The zero-order valence-electron chi connectivity index (χ0n) is 6.58. The van der Waals surface area contributed by atoms with Gasteiger partial charge >= 0.3 is 154 Å². The maximum absolute atomic E-state index is 2.00. The van der Waals surface area contributed by atoms with Crippen LogP contribution < -0.4 is 154 Å². The fourth-order valence-corrected chi connectivity index (χ4v) is 0. The summed E-state index contributed by atoms with van der Waals surface area (Å²) in [6.45, 7) is 4.00. The van der Waals surface area contributed by atoms with Gasteiger partial charge in [-0.1, -0.05) is 0 Å². The summed E-state index contributed by atoms with van der Waals surface area (Å²) >= 11 is 0. The summed E-state index contributed by atoms with van der Waals surface area (Å²) in [6, 6.07) is 0. The normalized spacial score (nSPS) is 3.00. The van der Waals surface area contributed by atoms with Crippen LogP contribution in [0.4, 0.5) is 0 Å². The molecule has 0 spiro atoms. The van der Waals surface area contributed by atoms with Gasteiger partial charge in [0.1, 0.15) is 0 Å². The fourth-order valence-electron chi connectivity index (χ4n) is 0. The standard InChI is InChI=1S/C3H7.3K.H/c1-3-2;;;;/h3H,1-2H3;;;;/q-1;3*+1;-1. The molecular formula is C3H8K3+. The Morgan fingerprint density at radius 3 is 1.00 bits per heavy atom. The molecule has 0 aromatic rings. The van der Waals surface area contributed by atoms with Gasteiger partial charge in [-0.25, -0.2) is 0 Å². The molecule has 0 heterocycles. The number of hydrogen-bond donors (Lipinski definition) is 0. The minimum absolute atomic E-state index is 0. The first-order valence-electron chi connectivity index (χ1n) is 1.15. The van der Waals surface area contributed by atoms with Crippen molar-refractivity contribution in [3.05, 3.63) is 6.42 Å². The minimum Gasteiger partial charge on any atom is -1.00 e. The molecule has 0 aliphatic rings. The van der Waals surface area contributed by atoms with Crippen LogP contribution in [-0.4, -0.2) is 0 Å². The summed E-state index contributed by atoms with van der Waals surface area (Å²) in [7, 11) is 0. The van der Waals surface area contributed by atoms with Crippen molar-refractivity contribution < 1.29 is 156 Å². The summed E-state index contributed by atoms with van der Waals surface area (Å²) < 4.78 is 0. The van der Waals surface area contributed by atoms with Gasteiger partial charge in [0.05, 0.1) is 0 Å². The molecule has 0 saturated carbocycles. The largest absolute Gasteiger partial charge is 1.00 e. The van der Waals surface area contributed by atoms with E-state index in [1.165, 1.54) is 0 Å². The molecule has 0 rings (SSSR count). The average molecular weight is 161 g/mol. The van der Waals surface area contributed by atoms with Crippen molar-refractivity contribution in [1.82, 2.24) is 0 Å². The Morgan fingerprint density at radius 1 is 1.00 bits per heavy atom. The van der Waals surface area contributed by atoms with E-state index in [1.54, 1.807) is 0 Å². The van der Waals surface area contributed by atoms with Crippen molar-refractivity contribution in [2.45, 2.75) is 13.8 Å². The van der Waals surface area contributed by atoms with E-state index >= 15 is 0 Å². The van der Waals surface area contributed by atoms with E-state index in [2.05, 4.69) is 0 Å². The zero-order chi connectivity index (χ0) is 2.71. The van der Waals surface area contributed by atoms with Crippen molar-refractivity contribution in [1.29, 1.82) is 0 Å². The van der Waals surface area contributed by atoms with E-state index in [0.717, 1.165) is 0 Å². The Balaban J connectivity index is -0.00000000333. The van der Waals surface area contributed by atoms with Gasteiger partial charge < -0.3 is 7.85 Å². The maximum atomic E-state index is 2.00. The Kier molecular flexibility index (Phi) is 84.2. The van der Waals surface area contributed by atoms with Gasteiger partial charge in [-0.05, 0) is 0 Å². The smallest absolute Gasteiger partial charge is 1.00 e. The molecule has 0 nitrogen and oxygen atoms in total. The van der Waals surface area contributed by atoms with Crippen LogP contribution in [0.2, 0.25) is 0 Å². The molecule has 0 unspecified atom stereocenters. The molecule has 0 aliphatic carbocycles. The van der Waals surface area contributed by atoms with Crippen LogP contribution >= 0.6 is 0 Å². The van der Waals surface area contributed by atoms with Gasteiger partial charge in [0.2, 0.25) is 0 Å². The maximum Gasteiger partial charge on any atom is 1.00 e. The molecule has 0 saturated heterocycles. The van der Waals surface area contributed by atoms with Gasteiger partial charge in [-0.15, -0.1) is 0 Å². The number of hydrogen-bond acceptors (Lipinski definition) is 0. The van der Waals surface area contributed by atoms with Crippen LogP contribution in [0, 0.1) is 6.42 Å². The quantitative estimate of drug-likeness (QED) is 0.245. The van der Waals surface area contributed by atoms with Crippen LogP contribution in [0.15, 0.2) is 0 Å². The van der Waals surface area contributed by atoms with Crippen LogP contribution in [0.3, 0.4) is 0 Å². The second-order valence-electron chi connectivity index (χ2n) is 0.577.